The molecule has 1 fully saturated rings. The molecule has 0 aromatic heterocycles. The van der Waals surface area contributed by atoms with E-state index >= 15 is 0 Å². The van der Waals surface area contributed by atoms with Crippen LogP contribution in [0.2, 0.25) is 0 Å². The Labute approximate surface area is 107 Å². The average Bonchev–Trinajstić information content (AvgIpc) is 2.29. The lowest BCUT2D eigenvalue weighted by molar-refractivity contribution is 0.102. The molecule has 2 rings (SSSR count). The lowest BCUT2D eigenvalue weighted by Gasteiger charge is -2.13. The first-order chi connectivity index (χ1) is 8.15. The second kappa shape index (κ2) is 5.72. The zero-order valence-corrected chi connectivity index (χ0v) is 11.6. The molecular formula is C15H21OS+. The third-order valence-corrected chi connectivity index (χ3v) is 5.65. The number of benzene rings is 1. The molecule has 0 unspecified atom stereocenters. The van der Waals surface area contributed by atoms with E-state index in [1.807, 2.05) is 12.1 Å². The first kappa shape index (κ1) is 12.7. The zero-order chi connectivity index (χ0) is 12.3. The summed E-state index contributed by atoms with van der Waals surface area (Å²) in [7, 11) is 0.362. The van der Waals surface area contributed by atoms with Gasteiger partial charge in [-0.2, -0.15) is 0 Å². The van der Waals surface area contributed by atoms with Gasteiger partial charge in [0.05, 0.1) is 0 Å². The maximum Gasteiger partial charge on any atom is 0.211 e. The predicted octanol–water partition coefficient (Wildman–Crippen LogP) is 3.29. The molecular weight excluding hydrogens is 228 g/mol. The van der Waals surface area contributed by atoms with Crippen molar-refractivity contribution in [3.8, 4) is 0 Å². The first-order valence-corrected chi connectivity index (χ1v) is 8.14. The number of Topliss-reactive ketones (excluding diaryl/α,β-unsaturated/α-hetero) is 1. The Balaban J connectivity index is 2.03. The van der Waals surface area contributed by atoms with Crippen molar-refractivity contribution in [3.63, 3.8) is 0 Å². The highest BCUT2D eigenvalue weighted by Gasteiger charge is 2.25. The summed E-state index contributed by atoms with van der Waals surface area (Å²) < 4.78 is 0. The van der Waals surface area contributed by atoms with Gasteiger partial charge in [-0.3, -0.25) is 4.79 Å². The molecule has 1 aliphatic rings. The topological polar surface area (TPSA) is 17.1 Å². The summed E-state index contributed by atoms with van der Waals surface area (Å²) in [5.74, 6) is 3.68. The average molecular weight is 249 g/mol. The second-order valence-electron chi connectivity index (χ2n) is 5.03. The van der Waals surface area contributed by atoms with Crippen molar-refractivity contribution in [2.24, 2.45) is 0 Å². The largest absolute Gasteiger partial charge is 0.289 e. The summed E-state index contributed by atoms with van der Waals surface area (Å²) in [6.45, 7) is 4.12. The van der Waals surface area contributed by atoms with Gasteiger partial charge in [0.2, 0.25) is 5.78 Å². The van der Waals surface area contributed by atoms with Crippen LogP contribution >= 0.6 is 0 Å². The second-order valence-corrected chi connectivity index (χ2v) is 7.36. The molecule has 1 heterocycles. The molecule has 0 saturated carbocycles. The van der Waals surface area contributed by atoms with Gasteiger partial charge >= 0.3 is 0 Å². The van der Waals surface area contributed by atoms with Crippen molar-refractivity contribution < 1.29 is 4.79 Å². The van der Waals surface area contributed by atoms with Gasteiger partial charge < -0.3 is 0 Å². The van der Waals surface area contributed by atoms with E-state index in [-0.39, 0.29) is 0 Å². The minimum atomic E-state index is 0.349. The van der Waals surface area contributed by atoms with Crippen molar-refractivity contribution in [2.75, 3.05) is 17.3 Å². The van der Waals surface area contributed by atoms with E-state index in [9.17, 15) is 4.79 Å². The smallest absolute Gasteiger partial charge is 0.211 e. The maximum absolute atomic E-state index is 12.2. The van der Waals surface area contributed by atoms with Gasteiger partial charge in [0.25, 0.3) is 0 Å². The van der Waals surface area contributed by atoms with Crippen LogP contribution in [0.4, 0.5) is 0 Å². The molecule has 0 atom stereocenters. The monoisotopic (exact) mass is 249 g/mol. The van der Waals surface area contributed by atoms with Gasteiger partial charge in [0, 0.05) is 5.56 Å². The molecule has 0 radical (unpaired) electrons. The molecule has 92 valence electrons. The molecule has 1 nitrogen and oxygen atoms in total. The Morgan fingerprint density at radius 1 is 1.06 bits per heavy atom. The highest BCUT2D eigenvalue weighted by atomic mass is 32.2. The van der Waals surface area contributed by atoms with Crippen molar-refractivity contribution in [1.29, 1.82) is 0 Å². The molecule has 2 heteroatoms. The molecule has 1 saturated heterocycles. The quantitative estimate of drug-likeness (QED) is 0.593. The Morgan fingerprint density at radius 3 is 2.24 bits per heavy atom. The normalized spacial score (nSPS) is 17.1. The molecule has 1 aromatic carbocycles. The number of hydrogen-bond acceptors (Lipinski definition) is 1. The fourth-order valence-corrected chi connectivity index (χ4v) is 4.69. The van der Waals surface area contributed by atoms with Gasteiger partial charge in [-0.05, 0) is 56.1 Å². The molecule has 1 aliphatic heterocycles. The molecule has 0 spiro atoms. The Bertz CT molecular complexity index is 385. The van der Waals surface area contributed by atoms with Gasteiger partial charge in [0.15, 0.2) is 5.75 Å². The minimum Gasteiger partial charge on any atom is -0.289 e. The maximum atomic E-state index is 12.2. The van der Waals surface area contributed by atoms with Crippen LogP contribution in [-0.4, -0.2) is 23.0 Å². The molecule has 0 amide bonds. The molecule has 17 heavy (non-hydrogen) atoms. The fraction of sp³-hybridized carbons (Fsp3) is 0.533. The fourth-order valence-electron chi connectivity index (χ4n) is 2.44. The van der Waals surface area contributed by atoms with Crippen LogP contribution in [0, 0.1) is 13.8 Å². The van der Waals surface area contributed by atoms with E-state index in [0.29, 0.717) is 16.7 Å². The Kier molecular flexibility index (Phi) is 4.27. The summed E-state index contributed by atoms with van der Waals surface area (Å²) in [6, 6.07) is 6.19. The molecule has 0 N–H and O–H groups in total. The first-order valence-electron chi connectivity index (χ1n) is 6.41. The zero-order valence-electron chi connectivity index (χ0n) is 10.8. The van der Waals surface area contributed by atoms with Crippen LogP contribution in [-0.2, 0) is 10.9 Å². The summed E-state index contributed by atoms with van der Waals surface area (Å²) in [5, 5.41) is 0. The van der Waals surface area contributed by atoms with E-state index in [0.717, 1.165) is 11.3 Å². The molecule has 1 aromatic rings. The van der Waals surface area contributed by atoms with Gasteiger partial charge in [-0.25, -0.2) is 0 Å². The van der Waals surface area contributed by atoms with E-state index in [4.69, 9.17) is 0 Å². The standard InChI is InChI=1S/C15H21OS/c1-12-8-13(2)10-14(9-12)15(16)11-17-6-4-3-5-7-17/h8-10H,3-7,11H2,1-2H3/q+1. The summed E-state index contributed by atoms with van der Waals surface area (Å²) >= 11 is 0. The lowest BCUT2D eigenvalue weighted by atomic mass is 10.1. The van der Waals surface area contributed by atoms with Crippen LogP contribution < -0.4 is 0 Å². The van der Waals surface area contributed by atoms with Crippen molar-refractivity contribution in [3.05, 3.63) is 34.9 Å². The Hall–Kier alpha value is -0.760. The van der Waals surface area contributed by atoms with Gasteiger partial charge in [-0.15, -0.1) is 0 Å². The third-order valence-electron chi connectivity index (χ3n) is 3.24. The number of carbonyl (C=O) groups excluding carboxylic acids is 1. The van der Waals surface area contributed by atoms with Crippen molar-refractivity contribution in [1.82, 2.24) is 0 Å². The van der Waals surface area contributed by atoms with Crippen LogP contribution in [0.5, 0.6) is 0 Å². The number of hydrogen-bond donors (Lipinski definition) is 0. The van der Waals surface area contributed by atoms with Crippen LogP contribution in [0.1, 0.15) is 40.7 Å². The van der Waals surface area contributed by atoms with E-state index in [2.05, 4.69) is 19.9 Å². The van der Waals surface area contributed by atoms with Crippen molar-refractivity contribution >= 4 is 16.7 Å². The van der Waals surface area contributed by atoms with Crippen molar-refractivity contribution in [2.45, 2.75) is 33.1 Å². The summed E-state index contributed by atoms with van der Waals surface area (Å²) in [5.41, 5.74) is 3.31. The molecule has 0 bridgehead atoms. The predicted molar refractivity (Wildman–Crippen MR) is 76.1 cm³/mol. The Morgan fingerprint density at radius 2 is 1.65 bits per heavy atom. The number of ketones is 1. The van der Waals surface area contributed by atoms with E-state index in [1.54, 1.807) is 0 Å². The van der Waals surface area contributed by atoms with E-state index < -0.39 is 0 Å². The number of carbonyl (C=O) groups is 1. The minimum absolute atomic E-state index is 0.349. The summed E-state index contributed by atoms with van der Waals surface area (Å²) in [6.07, 6.45) is 4.01. The van der Waals surface area contributed by atoms with Gasteiger partial charge in [-0.1, -0.05) is 17.2 Å². The highest BCUT2D eigenvalue weighted by Crippen LogP contribution is 2.16. The van der Waals surface area contributed by atoms with Crippen LogP contribution in [0.3, 0.4) is 0 Å². The number of rotatable bonds is 3. The van der Waals surface area contributed by atoms with Crippen LogP contribution in [0.25, 0.3) is 0 Å². The SMILES string of the molecule is Cc1cc(C)cc(C(=O)C[S+]2CCCCC2)c1. The number of aryl methyl sites for hydroxylation is 2. The van der Waals surface area contributed by atoms with E-state index in [1.165, 1.54) is 41.9 Å². The third kappa shape index (κ3) is 3.60. The molecule has 0 aliphatic carbocycles. The highest BCUT2D eigenvalue weighted by molar-refractivity contribution is 7.97. The van der Waals surface area contributed by atoms with Gasteiger partial charge in [0.1, 0.15) is 11.5 Å². The lowest BCUT2D eigenvalue weighted by Crippen LogP contribution is -2.25. The summed E-state index contributed by atoms with van der Waals surface area (Å²) in [4.78, 5) is 12.2. The van der Waals surface area contributed by atoms with Crippen LogP contribution in [0.15, 0.2) is 18.2 Å².